The normalized spacial score (nSPS) is 15.2. The number of rotatable bonds is 4. The predicted molar refractivity (Wildman–Crippen MR) is 96.5 cm³/mol. The zero-order valence-corrected chi connectivity index (χ0v) is 14.0. The Balaban J connectivity index is 1.50. The molecule has 0 radical (unpaired) electrons. The quantitative estimate of drug-likeness (QED) is 0.783. The second kappa shape index (κ2) is 6.96. The van der Waals surface area contributed by atoms with Gasteiger partial charge >= 0.3 is 0 Å². The molecule has 0 unspecified atom stereocenters. The van der Waals surface area contributed by atoms with Crippen molar-refractivity contribution < 1.29 is 13.9 Å². The summed E-state index contributed by atoms with van der Waals surface area (Å²) in [4.78, 5) is 16.5. The van der Waals surface area contributed by atoms with Crippen LogP contribution in [0.2, 0.25) is 0 Å². The molecule has 1 aliphatic heterocycles. The Morgan fingerprint density at radius 1 is 1.15 bits per heavy atom. The highest BCUT2D eigenvalue weighted by Gasteiger charge is 2.27. The lowest BCUT2D eigenvalue weighted by molar-refractivity contribution is 0.0933. The lowest BCUT2D eigenvalue weighted by Gasteiger charge is -2.13. The van der Waals surface area contributed by atoms with E-state index < -0.39 is 0 Å². The summed E-state index contributed by atoms with van der Waals surface area (Å²) in [5.74, 6) is 0.173. The molecule has 1 aliphatic rings. The maximum Gasteiger partial charge on any atom is 0.251 e. The van der Waals surface area contributed by atoms with Gasteiger partial charge in [0.2, 0.25) is 0 Å². The molecular weight excluding hydrogens is 331 g/mol. The molecule has 4 rings (SSSR count). The van der Waals surface area contributed by atoms with E-state index in [-0.39, 0.29) is 17.8 Å². The minimum absolute atomic E-state index is 0.152. The monoisotopic (exact) mass is 348 g/mol. The smallest absolute Gasteiger partial charge is 0.251 e. The Labute approximate surface area is 150 Å². The van der Waals surface area contributed by atoms with Gasteiger partial charge in [0.15, 0.2) is 0 Å². The molecule has 0 aliphatic carbocycles. The summed E-state index contributed by atoms with van der Waals surface area (Å²) in [6.07, 6.45) is 1.98. The van der Waals surface area contributed by atoms with Gasteiger partial charge in [-0.15, -0.1) is 0 Å². The van der Waals surface area contributed by atoms with E-state index in [1.807, 2.05) is 36.4 Å². The van der Waals surface area contributed by atoms with E-state index in [1.54, 1.807) is 18.3 Å². The molecule has 1 N–H and O–H groups in total. The van der Waals surface area contributed by atoms with Crippen molar-refractivity contribution in [2.45, 2.75) is 12.5 Å². The number of fused-ring (bicyclic) bond motifs is 1. The molecule has 0 fully saturated rings. The van der Waals surface area contributed by atoms with Crippen LogP contribution in [0, 0.1) is 5.82 Å². The van der Waals surface area contributed by atoms with Gasteiger partial charge in [0.1, 0.15) is 17.7 Å². The first-order chi connectivity index (χ1) is 12.7. The topological polar surface area (TPSA) is 51.2 Å². The van der Waals surface area contributed by atoms with Gasteiger partial charge in [0, 0.05) is 29.3 Å². The Hall–Kier alpha value is -3.21. The molecule has 0 spiro atoms. The molecular formula is C21H17FN2O2. The average Bonchev–Trinajstić information content (AvgIpc) is 3.09. The summed E-state index contributed by atoms with van der Waals surface area (Å²) >= 11 is 0. The summed E-state index contributed by atoms with van der Waals surface area (Å²) in [6.45, 7) is 0.353. The second-order valence-corrected chi connectivity index (χ2v) is 6.18. The van der Waals surface area contributed by atoms with E-state index in [9.17, 15) is 9.18 Å². The van der Waals surface area contributed by atoms with Gasteiger partial charge in [-0.3, -0.25) is 9.78 Å². The van der Waals surface area contributed by atoms with Gasteiger partial charge in [0.25, 0.3) is 5.91 Å². The van der Waals surface area contributed by atoms with Crippen molar-refractivity contribution in [2.24, 2.45) is 0 Å². The molecule has 1 atom stereocenters. The van der Waals surface area contributed by atoms with Crippen molar-refractivity contribution in [3.8, 4) is 17.0 Å². The number of nitrogens with one attached hydrogen (secondary N) is 1. The molecule has 3 aromatic rings. The van der Waals surface area contributed by atoms with Crippen LogP contribution in [-0.2, 0) is 6.42 Å². The third-order valence-corrected chi connectivity index (χ3v) is 4.33. The minimum Gasteiger partial charge on any atom is -0.487 e. The fraction of sp³-hybridized carbons (Fsp3) is 0.143. The van der Waals surface area contributed by atoms with Gasteiger partial charge in [-0.2, -0.15) is 0 Å². The maximum absolute atomic E-state index is 14.0. The number of carbonyl (C=O) groups excluding carboxylic acids is 1. The van der Waals surface area contributed by atoms with Crippen molar-refractivity contribution in [1.82, 2.24) is 10.3 Å². The highest BCUT2D eigenvalue weighted by atomic mass is 19.1. The van der Waals surface area contributed by atoms with Crippen LogP contribution in [-0.4, -0.2) is 23.5 Å². The maximum atomic E-state index is 14.0. The summed E-state index contributed by atoms with van der Waals surface area (Å²) < 4.78 is 20.0. The van der Waals surface area contributed by atoms with Crippen LogP contribution in [0.5, 0.6) is 5.75 Å². The Kier molecular flexibility index (Phi) is 4.35. The molecule has 0 saturated heterocycles. The summed E-state index contributed by atoms with van der Waals surface area (Å²) in [6, 6.07) is 17.4. The summed E-state index contributed by atoms with van der Waals surface area (Å²) in [5, 5.41) is 2.88. The SMILES string of the molecule is O=C(NC[C@H]1Cc2cc(F)cc(-c3ccccn3)c2O1)c1ccccc1. The number of hydrogen-bond acceptors (Lipinski definition) is 3. The van der Waals surface area contributed by atoms with Gasteiger partial charge in [0.05, 0.1) is 12.2 Å². The Bertz CT molecular complexity index is 930. The standard InChI is InChI=1S/C21H17FN2O2/c22-16-10-15-11-17(13-24-21(25)14-6-2-1-3-7-14)26-20(15)18(12-16)19-8-4-5-9-23-19/h1-10,12,17H,11,13H2,(H,24,25)/t17-/m1/s1. The lowest BCUT2D eigenvalue weighted by atomic mass is 10.0. The molecule has 1 amide bonds. The van der Waals surface area contributed by atoms with Crippen LogP contribution >= 0.6 is 0 Å². The predicted octanol–water partition coefficient (Wildman–Crippen LogP) is 3.62. The van der Waals surface area contributed by atoms with Gasteiger partial charge < -0.3 is 10.1 Å². The first kappa shape index (κ1) is 16.3. The zero-order chi connectivity index (χ0) is 17.9. The highest BCUT2D eigenvalue weighted by Crippen LogP contribution is 2.38. The first-order valence-corrected chi connectivity index (χ1v) is 8.44. The van der Waals surface area contributed by atoms with Crippen LogP contribution in [0.1, 0.15) is 15.9 Å². The van der Waals surface area contributed by atoms with E-state index in [0.717, 1.165) is 5.56 Å². The van der Waals surface area contributed by atoms with Crippen molar-refractivity contribution >= 4 is 5.91 Å². The average molecular weight is 348 g/mol. The van der Waals surface area contributed by atoms with Gasteiger partial charge in [-0.1, -0.05) is 24.3 Å². The highest BCUT2D eigenvalue weighted by molar-refractivity contribution is 5.94. The number of nitrogens with zero attached hydrogens (tertiary/aromatic N) is 1. The van der Waals surface area contributed by atoms with Gasteiger partial charge in [-0.25, -0.2) is 4.39 Å². The number of pyridine rings is 1. The van der Waals surface area contributed by atoms with Crippen molar-refractivity contribution in [2.75, 3.05) is 6.54 Å². The lowest BCUT2D eigenvalue weighted by Crippen LogP contribution is -2.34. The summed E-state index contributed by atoms with van der Waals surface area (Å²) in [5.41, 5.74) is 2.70. The molecule has 5 heteroatoms. The molecule has 0 bridgehead atoms. The van der Waals surface area contributed by atoms with Crippen LogP contribution < -0.4 is 10.1 Å². The zero-order valence-electron chi connectivity index (χ0n) is 14.0. The molecule has 2 aromatic carbocycles. The van der Waals surface area contributed by atoms with E-state index >= 15 is 0 Å². The van der Waals surface area contributed by atoms with Crippen molar-refractivity contribution in [1.29, 1.82) is 0 Å². The third kappa shape index (κ3) is 3.28. The summed E-state index contributed by atoms with van der Waals surface area (Å²) in [7, 11) is 0. The molecule has 130 valence electrons. The Morgan fingerprint density at radius 2 is 1.96 bits per heavy atom. The Morgan fingerprint density at radius 3 is 2.73 bits per heavy atom. The van der Waals surface area contributed by atoms with Crippen LogP contribution in [0.15, 0.2) is 66.9 Å². The number of aromatic nitrogens is 1. The van der Waals surface area contributed by atoms with Crippen LogP contribution in [0.3, 0.4) is 0 Å². The second-order valence-electron chi connectivity index (χ2n) is 6.18. The van der Waals surface area contributed by atoms with Crippen molar-refractivity contribution in [3.05, 3.63) is 83.8 Å². The van der Waals surface area contributed by atoms with E-state index in [2.05, 4.69) is 10.3 Å². The molecule has 0 saturated carbocycles. The van der Waals surface area contributed by atoms with E-state index in [4.69, 9.17) is 4.74 Å². The largest absolute Gasteiger partial charge is 0.487 e. The first-order valence-electron chi connectivity index (χ1n) is 8.44. The fourth-order valence-corrected chi connectivity index (χ4v) is 3.12. The number of hydrogen-bond donors (Lipinski definition) is 1. The van der Waals surface area contributed by atoms with Gasteiger partial charge in [-0.05, 0) is 36.4 Å². The minimum atomic E-state index is -0.318. The fourth-order valence-electron chi connectivity index (χ4n) is 3.12. The number of amides is 1. The van der Waals surface area contributed by atoms with Crippen LogP contribution in [0.25, 0.3) is 11.3 Å². The molecule has 2 heterocycles. The van der Waals surface area contributed by atoms with Crippen LogP contribution in [0.4, 0.5) is 4.39 Å². The molecule has 4 nitrogen and oxygen atoms in total. The van der Waals surface area contributed by atoms with Crippen molar-refractivity contribution in [3.63, 3.8) is 0 Å². The number of carbonyl (C=O) groups is 1. The van der Waals surface area contributed by atoms with E-state index in [0.29, 0.717) is 35.5 Å². The molecule has 26 heavy (non-hydrogen) atoms. The number of halogens is 1. The number of ether oxygens (including phenoxy) is 1. The number of benzene rings is 2. The third-order valence-electron chi connectivity index (χ3n) is 4.33. The molecule has 1 aromatic heterocycles. The van der Waals surface area contributed by atoms with E-state index in [1.165, 1.54) is 12.1 Å².